The first-order valence-corrected chi connectivity index (χ1v) is 10.9. The number of halogens is 5. The Hall–Kier alpha value is -3.72. The maximum atomic E-state index is 14.4. The Morgan fingerprint density at radius 3 is 2.61 bits per heavy atom. The molecule has 0 radical (unpaired) electrons. The van der Waals surface area contributed by atoms with Crippen molar-refractivity contribution in [1.82, 2.24) is 15.6 Å². The highest BCUT2D eigenvalue weighted by Crippen LogP contribution is 2.34. The number of nitrogens with one attached hydrogen (secondary N) is 2. The van der Waals surface area contributed by atoms with Gasteiger partial charge in [0.1, 0.15) is 24.2 Å². The number of nitrogens with zero attached hydrogens (tertiary/aromatic N) is 2. The van der Waals surface area contributed by atoms with Crippen molar-refractivity contribution in [1.29, 1.82) is 5.26 Å². The van der Waals surface area contributed by atoms with Gasteiger partial charge in [0, 0.05) is 23.2 Å². The Balaban J connectivity index is 1.97. The van der Waals surface area contributed by atoms with Crippen molar-refractivity contribution in [3.8, 4) is 11.8 Å². The van der Waals surface area contributed by atoms with Gasteiger partial charge in [0.05, 0.1) is 23.7 Å². The molecule has 7 nitrogen and oxygen atoms in total. The topological polar surface area (TPSA) is 100 Å². The molecule has 12 heteroatoms. The van der Waals surface area contributed by atoms with E-state index in [4.69, 9.17) is 9.15 Å². The van der Waals surface area contributed by atoms with E-state index in [1.807, 2.05) is 6.07 Å². The molecule has 0 fully saturated rings. The molecular weight excluding hydrogens is 487 g/mol. The number of benzene rings is 1. The lowest BCUT2D eigenvalue weighted by Crippen LogP contribution is -2.51. The van der Waals surface area contributed by atoms with Gasteiger partial charge >= 0.3 is 6.18 Å². The number of carbonyl (C=O) groups is 1. The predicted octanol–water partition coefficient (Wildman–Crippen LogP) is 4.97. The first kappa shape index (κ1) is 26.9. The van der Waals surface area contributed by atoms with Crippen molar-refractivity contribution in [3.63, 3.8) is 0 Å². The number of hydrogen-bond acceptors (Lipinski definition) is 6. The number of ether oxygens (including phenoxy) is 1. The minimum atomic E-state index is -4.69. The van der Waals surface area contributed by atoms with Crippen molar-refractivity contribution < 1.29 is 35.9 Å². The second-order valence-corrected chi connectivity index (χ2v) is 8.02. The van der Waals surface area contributed by atoms with Crippen LogP contribution in [0.25, 0.3) is 11.0 Å². The predicted molar refractivity (Wildman–Crippen MR) is 120 cm³/mol. The van der Waals surface area contributed by atoms with Gasteiger partial charge in [0.2, 0.25) is 0 Å². The van der Waals surface area contributed by atoms with Gasteiger partial charge in [-0.15, -0.1) is 0 Å². The molecule has 0 saturated carbocycles. The minimum Gasteiger partial charge on any atom is -0.489 e. The Morgan fingerprint density at radius 2 is 2.00 bits per heavy atom. The molecule has 1 amide bonds. The lowest BCUT2D eigenvalue weighted by Gasteiger charge is -2.26. The standard InChI is InChI=1S/C24H23F5N4O3/c1-4-18(23(25,26)12-31-3)33-22(34)19-13(2)36-20-15(10-30)8-16(9-17(19)20)35-11-14-6-5-7-32-21(14)24(27,28)29/h5-9,18,31H,4,11-12H2,1-3H3,(H,33,34). The molecule has 36 heavy (non-hydrogen) atoms. The zero-order valence-electron chi connectivity index (χ0n) is 19.6. The third-order valence-corrected chi connectivity index (χ3v) is 5.48. The van der Waals surface area contributed by atoms with Gasteiger partial charge in [-0.3, -0.25) is 9.78 Å². The van der Waals surface area contributed by atoms with Crippen LogP contribution < -0.4 is 15.4 Å². The van der Waals surface area contributed by atoms with Crippen molar-refractivity contribution in [2.75, 3.05) is 13.6 Å². The normalized spacial score (nSPS) is 12.9. The lowest BCUT2D eigenvalue weighted by molar-refractivity contribution is -0.142. The third-order valence-electron chi connectivity index (χ3n) is 5.48. The van der Waals surface area contributed by atoms with Crippen molar-refractivity contribution in [2.24, 2.45) is 0 Å². The van der Waals surface area contributed by atoms with Gasteiger partial charge in [0.15, 0.2) is 11.3 Å². The molecule has 2 N–H and O–H groups in total. The number of amides is 1. The fraction of sp³-hybridized carbons (Fsp3) is 0.375. The smallest absolute Gasteiger partial charge is 0.433 e. The number of rotatable bonds is 9. The Kier molecular flexibility index (Phi) is 7.83. The molecule has 0 aliphatic carbocycles. The molecule has 1 unspecified atom stereocenters. The number of fused-ring (bicyclic) bond motifs is 1. The summed E-state index contributed by atoms with van der Waals surface area (Å²) in [7, 11) is 1.37. The van der Waals surface area contributed by atoms with E-state index in [-0.39, 0.29) is 45.6 Å². The molecule has 3 rings (SSSR count). The quantitative estimate of drug-likeness (QED) is 0.395. The van der Waals surface area contributed by atoms with Crippen LogP contribution in [0.3, 0.4) is 0 Å². The average Bonchev–Trinajstić information content (AvgIpc) is 3.15. The number of aryl methyl sites for hydroxylation is 1. The van der Waals surface area contributed by atoms with Gasteiger partial charge in [-0.1, -0.05) is 13.0 Å². The Morgan fingerprint density at radius 1 is 1.28 bits per heavy atom. The SMILES string of the molecule is CCC(NC(=O)c1c(C)oc2c(C#N)cc(OCc3cccnc3C(F)(F)F)cc12)C(F)(F)CNC. The maximum Gasteiger partial charge on any atom is 0.433 e. The van der Waals surface area contributed by atoms with E-state index < -0.39 is 42.9 Å². The number of alkyl halides is 5. The fourth-order valence-electron chi connectivity index (χ4n) is 3.81. The zero-order valence-corrected chi connectivity index (χ0v) is 19.6. The second kappa shape index (κ2) is 10.5. The van der Waals surface area contributed by atoms with E-state index >= 15 is 0 Å². The number of furan rings is 1. The summed E-state index contributed by atoms with van der Waals surface area (Å²) in [6.07, 6.45) is -3.74. The molecule has 1 atom stereocenters. The minimum absolute atomic E-state index is 0.0153. The Labute approximate surface area is 203 Å². The van der Waals surface area contributed by atoms with Gasteiger partial charge in [-0.2, -0.15) is 18.4 Å². The van der Waals surface area contributed by atoms with Crippen LogP contribution >= 0.6 is 0 Å². The number of nitriles is 1. The summed E-state index contributed by atoms with van der Waals surface area (Å²) in [5.74, 6) is -4.02. The zero-order chi connectivity index (χ0) is 26.7. The largest absolute Gasteiger partial charge is 0.489 e. The molecule has 192 valence electrons. The van der Waals surface area contributed by atoms with Crippen LogP contribution in [0.4, 0.5) is 22.0 Å². The average molecular weight is 510 g/mol. The van der Waals surface area contributed by atoms with Crippen LogP contribution in [-0.2, 0) is 12.8 Å². The first-order chi connectivity index (χ1) is 16.9. The summed E-state index contributed by atoms with van der Waals surface area (Å²) in [6.45, 7) is 1.77. The van der Waals surface area contributed by atoms with E-state index in [2.05, 4.69) is 15.6 Å². The summed E-state index contributed by atoms with van der Waals surface area (Å²) in [5, 5.41) is 14.4. The van der Waals surface area contributed by atoms with E-state index in [1.165, 1.54) is 45.2 Å². The summed E-state index contributed by atoms with van der Waals surface area (Å²) >= 11 is 0. The van der Waals surface area contributed by atoms with E-state index in [9.17, 15) is 32.0 Å². The lowest BCUT2D eigenvalue weighted by atomic mass is 10.0. The maximum absolute atomic E-state index is 14.4. The summed E-state index contributed by atoms with van der Waals surface area (Å²) in [5.41, 5.74) is -1.44. The summed E-state index contributed by atoms with van der Waals surface area (Å²) < 4.78 is 79.6. The molecular formula is C24H23F5N4O3. The number of hydrogen-bond donors (Lipinski definition) is 2. The highest BCUT2D eigenvalue weighted by molar-refractivity contribution is 6.08. The van der Waals surface area contributed by atoms with Crippen molar-refractivity contribution in [2.45, 2.75) is 45.0 Å². The van der Waals surface area contributed by atoms with Crippen LogP contribution in [-0.4, -0.2) is 36.4 Å². The van der Waals surface area contributed by atoms with Crippen LogP contribution in [0.5, 0.6) is 5.75 Å². The molecule has 3 aromatic rings. The van der Waals surface area contributed by atoms with E-state index in [0.29, 0.717) is 0 Å². The molecule has 1 aromatic carbocycles. The van der Waals surface area contributed by atoms with Crippen molar-refractivity contribution >= 4 is 16.9 Å². The monoisotopic (exact) mass is 510 g/mol. The van der Waals surface area contributed by atoms with Crippen LogP contribution in [0.15, 0.2) is 34.9 Å². The summed E-state index contributed by atoms with van der Waals surface area (Å²) in [6, 6.07) is 5.51. The molecule has 2 aromatic heterocycles. The highest BCUT2D eigenvalue weighted by atomic mass is 19.4. The van der Waals surface area contributed by atoms with Gasteiger partial charge in [0.25, 0.3) is 11.8 Å². The van der Waals surface area contributed by atoms with Crippen LogP contribution in [0.2, 0.25) is 0 Å². The molecule has 2 heterocycles. The first-order valence-electron chi connectivity index (χ1n) is 10.9. The molecule has 0 saturated heterocycles. The molecule has 0 bridgehead atoms. The van der Waals surface area contributed by atoms with E-state index in [0.717, 1.165) is 6.20 Å². The van der Waals surface area contributed by atoms with E-state index in [1.54, 1.807) is 0 Å². The van der Waals surface area contributed by atoms with Gasteiger partial charge in [-0.25, -0.2) is 8.78 Å². The third kappa shape index (κ3) is 5.57. The molecule has 0 aliphatic heterocycles. The van der Waals surface area contributed by atoms with Gasteiger partial charge < -0.3 is 19.8 Å². The van der Waals surface area contributed by atoms with Crippen molar-refractivity contribution in [3.05, 3.63) is 58.6 Å². The van der Waals surface area contributed by atoms with Gasteiger partial charge in [-0.05, 0) is 32.5 Å². The van der Waals surface area contributed by atoms with Crippen LogP contribution in [0.1, 0.15) is 46.3 Å². The number of pyridine rings is 1. The van der Waals surface area contributed by atoms with Crippen LogP contribution in [0, 0.1) is 18.3 Å². The number of aromatic nitrogens is 1. The summed E-state index contributed by atoms with van der Waals surface area (Å²) in [4.78, 5) is 16.4. The number of carbonyl (C=O) groups excluding carboxylic acids is 1. The Bertz CT molecular complexity index is 1300. The fourth-order valence-corrected chi connectivity index (χ4v) is 3.81. The molecule has 0 spiro atoms. The second-order valence-electron chi connectivity index (χ2n) is 8.02. The highest BCUT2D eigenvalue weighted by Gasteiger charge is 2.39. The molecule has 0 aliphatic rings.